The van der Waals surface area contributed by atoms with E-state index in [0.29, 0.717) is 11.8 Å². The SMILES string of the molecule is C=C(C)C1CCC(C)=C1CO.C=C(C)C1CCC(C)=C1COCC. The van der Waals surface area contributed by atoms with E-state index in [1.807, 2.05) is 13.8 Å². The van der Waals surface area contributed by atoms with Crippen molar-refractivity contribution in [2.45, 2.75) is 60.3 Å². The molecule has 2 heteroatoms. The van der Waals surface area contributed by atoms with E-state index in [2.05, 4.69) is 33.9 Å². The lowest BCUT2D eigenvalue weighted by Gasteiger charge is -2.15. The van der Waals surface area contributed by atoms with Gasteiger partial charge in [-0.25, -0.2) is 0 Å². The fourth-order valence-corrected chi connectivity index (χ4v) is 3.75. The summed E-state index contributed by atoms with van der Waals surface area (Å²) in [5.41, 5.74) is 8.03. The lowest BCUT2D eigenvalue weighted by molar-refractivity contribution is 0.166. The molecule has 0 aromatic rings. The Bertz CT molecular complexity index is 522. The van der Waals surface area contributed by atoms with Gasteiger partial charge < -0.3 is 9.84 Å². The molecule has 0 heterocycles. The molecule has 2 aliphatic rings. The zero-order valence-corrected chi connectivity index (χ0v) is 16.4. The van der Waals surface area contributed by atoms with Gasteiger partial charge >= 0.3 is 0 Å². The van der Waals surface area contributed by atoms with Crippen molar-refractivity contribution in [2.24, 2.45) is 11.8 Å². The Morgan fingerprint density at radius 1 is 1.00 bits per heavy atom. The Hall–Kier alpha value is -1.12. The molecule has 2 atom stereocenters. The molecule has 0 saturated heterocycles. The third-order valence-corrected chi connectivity index (χ3v) is 5.38. The predicted octanol–water partition coefficient (Wildman–Crippen LogP) is 5.61. The van der Waals surface area contributed by atoms with Crippen molar-refractivity contribution in [3.05, 3.63) is 46.6 Å². The summed E-state index contributed by atoms with van der Waals surface area (Å²) in [6.45, 7) is 20.3. The van der Waals surface area contributed by atoms with Gasteiger partial charge in [-0.3, -0.25) is 0 Å². The van der Waals surface area contributed by atoms with Crippen LogP contribution in [0.4, 0.5) is 0 Å². The van der Waals surface area contributed by atoms with Crippen LogP contribution in [-0.2, 0) is 4.74 Å². The van der Waals surface area contributed by atoms with Crippen molar-refractivity contribution in [1.29, 1.82) is 0 Å². The molecule has 0 aromatic heterocycles. The van der Waals surface area contributed by atoms with Crippen molar-refractivity contribution in [3.63, 3.8) is 0 Å². The summed E-state index contributed by atoms with van der Waals surface area (Å²) in [6.07, 6.45) is 4.74. The van der Waals surface area contributed by atoms with Crippen molar-refractivity contribution in [3.8, 4) is 0 Å². The standard InChI is InChI=1S/C12H20O.C10H16O/c1-5-13-8-12-10(4)6-7-11(12)9(2)3;1-7(2)9-5-4-8(3)10(9)6-11/h11H,2,5-8H2,1,3-4H3;9,11H,1,4-6H2,2-3H3. The fourth-order valence-electron chi connectivity index (χ4n) is 3.75. The molecular weight excluding hydrogens is 296 g/mol. The summed E-state index contributed by atoms with van der Waals surface area (Å²) in [6, 6.07) is 0. The van der Waals surface area contributed by atoms with E-state index in [1.54, 1.807) is 0 Å². The third-order valence-electron chi connectivity index (χ3n) is 5.38. The lowest BCUT2D eigenvalue weighted by atomic mass is 9.95. The van der Waals surface area contributed by atoms with Crippen molar-refractivity contribution < 1.29 is 9.84 Å². The highest BCUT2D eigenvalue weighted by molar-refractivity contribution is 5.29. The zero-order valence-electron chi connectivity index (χ0n) is 16.4. The monoisotopic (exact) mass is 332 g/mol. The summed E-state index contributed by atoms with van der Waals surface area (Å²) in [4.78, 5) is 0. The first-order valence-corrected chi connectivity index (χ1v) is 9.19. The van der Waals surface area contributed by atoms with Gasteiger partial charge in [-0.05, 0) is 71.4 Å². The van der Waals surface area contributed by atoms with Gasteiger partial charge in [0.2, 0.25) is 0 Å². The van der Waals surface area contributed by atoms with E-state index in [0.717, 1.165) is 26.1 Å². The molecule has 2 nitrogen and oxygen atoms in total. The first kappa shape index (κ1) is 20.9. The maximum Gasteiger partial charge on any atom is 0.0685 e. The van der Waals surface area contributed by atoms with E-state index in [-0.39, 0.29) is 6.61 Å². The van der Waals surface area contributed by atoms with Crippen molar-refractivity contribution in [1.82, 2.24) is 0 Å². The van der Waals surface area contributed by atoms with Crippen LogP contribution < -0.4 is 0 Å². The van der Waals surface area contributed by atoms with Gasteiger partial charge in [-0.15, -0.1) is 0 Å². The Kier molecular flexibility index (Phi) is 8.72. The molecular formula is C22H36O2. The molecule has 2 rings (SSSR count). The number of hydrogen-bond donors (Lipinski definition) is 1. The molecule has 24 heavy (non-hydrogen) atoms. The molecule has 0 radical (unpaired) electrons. The molecule has 1 N–H and O–H groups in total. The molecule has 0 fully saturated rings. The second kappa shape index (κ2) is 10.0. The Morgan fingerprint density at radius 3 is 1.83 bits per heavy atom. The second-order valence-electron chi connectivity index (χ2n) is 7.28. The van der Waals surface area contributed by atoms with E-state index in [1.165, 1.54) is 46.3 Å². The minimum atomic E-state index is 0.212. The van der Waals surface area contributed by atoms with Gasteiger partial charge in [-0.2, -0.15) is 0 Å². The maximum absolute atomic E-state index is 9.06. The van der Waals surface area contributed by atoms with Crippen LogP contribution in [-0.4, -0.2) is 24.9 Å². The summed E-state index contributed by atoms with van der Waals surface area (Å²) >= 11 is 0. The molecule has 2 aliphatic carbocycles. The van der Waals surface area contributed by atoms with Crippen molar-refractivity contribution in [2.75, 3.05) is 19.8 Å². The number of hydrogen-bond acceptors (Lipinski definition) is 2. The van der Waals surface area contributed by atoms with Gasteiger partial charge in [0.25, 0.3) is 0 Å². The molecule has 0 amide bonds. The Morgan fingerprint density at radius 2 is 1.46 bits per heavy atom. The van der Waals surface area contributed by atoms with E-state index in [4.69, 9.17) is 9.84 Å². The summed E-state index contributed by atoms with van der Waals surface area (Å²) < 4.78 is 5.47. The van der Waals surface area contributed by atoms with Crippen LogP contribution in [0, 0.1) is 11.8 Å². The van der Waals surface area contributed by atoms with E-state index < -0.39 is 0 Å². The predicted molar refractivity (Wildman–Crippen MR) is 104 cm³/mol. The smallest absolute Gasteiger partial charge is 0.0685 e. The minimum Gasteiger partial charge on any atom is -0.392 e. The highest BCUT2D eigenvalue weighted by Gasteiger charge is 2.23. The second-order valence-corrected chi connectivity index (χ2v) is 7.28. The normalized spacial score (nSPS) is 23.4. The quantitative estimate of drug-likeness (QED) is 0.641. The highest BCUT2D eigenvalue weighted by atomic mass is 16.5. The molecule has 0 aromatic carbocycles. The van der Waals surface area contributed by atoms with Gasteiger partial charge in [0.05, 0.1) is 13.2 Å². The van der Waals surface area contributed by atoms with Crippen molar-refractivity contribution >= 4 is 0 Å². The molecule has 0 spiro atoms. The van der Waals surface area contributed by atoms with Gasteiger partial charge in [0.15, 0.2) is 0 Å². The number of rotatable bonds is 6. The van der Waals surface area contributed by atoms with E-state index >= 15 is 0 Å². The first-order chi connectivity index (χ1) is 11.3. The minimum absolute atomic E-state index is 0.212. The average molecular weight is 333 g/mol. The van der Waals surface area contributed by atoms with Crippen LogP contribution in [0.15, 0.2) is 46.6 Å². The third kappa shape index (κ3) is 5.46. The Labute approximate surface area is 149 Å². The van der Waals surface area contributed by atoms with Crippen LogP contribution >= 0.6 is 0 Å². The first-order valence-electron chi connectivity index (χ1n) is 9.19. The number of allylic oxidation sites excluding steroid dienone is 4. The van der Waals surface area contributed by atoms with E-state index in [9.17, 15) is 0 Å². The molecule has 0 aliphatic heterocycles. The van der Waals surface area contributed by atoms with Gasteiger partial charge in [0, 0.05) is 18.4 Å². The van der Waals surface area contributed by atoms with Gasteiger partial charge in [0.1, 0.15) is 0 Å². The average Bonchev–Trinajstić information content (AvgIpc) is 3.08. The topological polar surface area (TPSA) is 29.5 Å². The summed E-state index contributed by atoms with van der Waals surface area (Å²) in [5, 5.41) is 9.06. The zero-order chi connectivity index (χ0) is 18.3. The van der Waals surface area contributed by atoms with Crippen LogP contribution in [0.5, 0.6) is 0 Å². The van der Waals surface area contributed by atoms with Crippen LogP contribution in [0.25, 0.3) is 0 Å². The summed E-state index contributed by atoms with van der Waals surface area (Å²) in [7, 11) is 0. The largest absolute Gasteiger partial charge is 0.392 e. The molecule has 0 saturated carbocycles. The maximum atomic E-state index is 9.06. The molecule has 2 unspecified atom stereocenters. The number of aliphatic hydroxyl groups is 1. The van der Waals surface area contributed by atoms with Gasteiger partial charge in [-0.1, -0.05) is 35.5 Å². The van der Waals surface area contributed by atoms with Crippen LogP contribution in [0.1, 0.15) is 60.3 Å². The van der Waals surface area contributed by atoms with Crippen LogP contribution in [0.3, 0.4) is 0 Å². The van der Waals surface area contributed by atoms with Crippen LogP contribution in [0.2, 0.25) is 0 Å². The highest BCUT2D eigenvalue weighted by Crippen LogP contribution is 2.36. The lowest BCUT2D eigenvalue weighted by Crippen LogP contribution is -2.07. The number of aliphatic hydroxyl groups excluding tert-OH is 1. The summed E-state index contributed by atoms with van der Waals surface area (Å²) in [5.74, 6) is 1.05. The fraction of sp³-hybridized carbons (Fsp3) is 0.636. The molecule has 136 valence electrons. The number of ether oxygens (including phenoxy) is 1. The molecule has 0 bridgehead atoms. The Balaban J connectivity index is 0.000000243.